The average molecular weight is 232 g/mol. The molecule has 0 fully saturated rings. The number of carbonyl (C=O) groups excluding carboxylic acids is 1. The summed E-state index contributed by atoms with van der Waals surface area (Å²) >= 11 is 0. The van der Waals surface area contributed by atoms with Crippen LogP contribution >= 0.6 is 0 Å². The van der Waals surface area contributed by atoms with Gasteiger partial charge in [0.1, 0.15) is 0 Å². The van der Waals surface area contributed by atoms with E-state index >= 15 is 0 Å². The largest absolute Gasteiger partial charge is 0.382 e. The van der Waals surface area contributed by atoms with Crippen molar-refractivity contribution >= 4 is 6.03 Å². The minimum absolute atomic E-state index is 0.119. The van der Waals surface area contributed by atoms with Crippen molar-refractivity contribution in [1.29, 1.82) is 0 Å². The second kappa shape index (κ2) is 12.3. The Kier molecular flexibility index (Phi) is 11.6. The lowest BCUT2D eigenvalue weighted by Crippen LogP contribution is -2.37. The fourth-order valence-corrected chi connectivity index (χ4v) is 1.12. The molecule has 0 aromatic carbocycles. The van der Waals surface area contributed by atoms with E-state index in [-0.39, 0.29) is 6.03 Å². The van der Waals surface area contributed by atoms with Crippen LogP contribution in [0.15, 0.2) is 0 Å². The van der Waals surface area contributed by atoms with Gasteiger partial charge in [-0.15, -0.1) is 0 Å². The molecule has 0 saturated heterocycles. The van der Waals surface area contributed by atoms with Gasteiger partial charge in [-0.25, -0.2) is 4.79 Å². The van der Waals surface area contributed by atoms with Gasteiger partial charge in [-0.3, -0.25) is 0 Å². The van der Waals surface area contributed by atoms with Gasteiger partial charge in [0.05, 0.1) is 19.8 Å². The van der Waals surface area contributed by atoms with Gasteiger partial charge in [-0.2, -0.15) is 0 Å². The van der Waals surface area contributed by atoms with Crippen molar-refractivity contribution in [2.45, 2.75) is 26.2 Å². The van der Waals surface area contributed by atoms with Crippen LogP contribution in [-0.4, -0.2) is 46.1 Å². The molecule has 0 aromatic rings. The topological polar surface area (TPSA) is 59.6 Å². The number of carbonyl (C=O) groups is 1. The molecule has 0 radical (unpaired) electrons. The Bertz CT molecular complexity index is 165. The molecule has 5 heteroatoms. The molecule has 16 heavy (non-hydrogen) atoms. The van der Waals surface area contributed by atoms with Crippen LogP contribution in [0.2, 0.25) is 0 Å². The van der Waals surface area contributed by atoms with E-state index < -0.39 is 0 Å². The minimum atomic E-state index is -0.119. The summed E-state index contributed by atoms with van der Waals surface area (Å²) in [5, 5.41) is 5.51. The van der Waals surface area contributed by atoms with Crippen molar-refractivity contribution in [1.82, 2.24) is 10.6 Å². The van der Waals surface area contributed by atoms with Gasteiger partial charge in [0.2, 0.25) is 0 Å². The maximum atomic E-state index is 11.2. The van der Waals surface area contributed by atoms with Gasteiger partial charge in [0.15, 0.2) is 0 Å². The first-order valence-corrected chi connectivity index (χ1v) is 5.89. The van der Waals surface area contributed by atoms with Gasteiger partial charge >= 0.3 is 6.03 Å². The summed E-state index contributed by atoms with van der Waals surface area (Å²) < 4.78 is 10.0. The van der Waals surface area contributed by atoms with E-state index in [9.17, 15) is 4.79 Å². The number of hydrogen-bond donors (Lipinski definition) is 2. The van der Waals surface area contributed by atoms with Crippen LogP contribution in [0.3, 0.4) is 0 Å². The first kappa shape index (κ1) is 15.2. The Morgan fingerprint density at radius 2 is 1.81 bits per heavy atom. The lowest BCUT2D eigenvalue weighted by atomic mass is 10.2. The molecule has 0 aliphatic heterocycles. The Hall–Kier alpha value is -0.810. The molecule has 5 nitrogen and oxygen atoms in total. The molecule has 0 aliphatic rings. The predicted molar refractivity (Wildman–Crippen MR) is 63.6 cm³/mol. The van der Waals surface area contributed by atoms with Crippen LogP contribution in [0.4, 0.5) is 4.79 Å². The lowest BCUT2D eigenvalue weighted by Gasteiger charge is -2.07. The van der Waals surface area contributed by atoms with Crippen LogP contribution in [0, 0.1) is 0 Å². The first-order chi connectivity index (χ1) is 7.81. The molecule has 0 atom stereocenters. The van der Waals surface area contributed by atoms with Crippen LogP contribution in [0.1, 0.15) is 26.2 Å². The first-order valence-electron chi connectivity index (χ1n) is 5.89. The summed E-state index contributed by atoms with van der Waals surface area (Å²) in [7, 11) is 1.63. The molecule has 96 valence electrons. The van der Waals surface area contributed by atoms with Gasteiger partial charge < -0.3 is 20.1 Å². The fourth-order valence-electron chi connectivity index (χ4n) is 1.12. The Morgan fingerprint density at radius 3 is 2.50 bits per heavy atom. The number of methoxy groups -OCH3 is 1. The Labute approximate surface area is 97.9 Å². The summed E-state index contributed by atoms with van der Waals surface area (Å²) in [6.07, 6.45) is 3.35. The summed E-state index contributed by atoms with van der Waals surface area (Å²) in [4.78, 5) is 11.2. The minimum Gasteiger partial charge on any atom is -0.382 e. The Balaban J connectivity index is 3.11. The normalized spacial score (nSPS) is 10.1. The molecule has 0 unspecified atom stereocenters. The Morgan fingerprint density at radius 1 is 1.06 bits per heavy atom. The quantitative estimate of drug-likeness (QED) is 0.555. The van der Waals surface area contributed by atoms with Crippen LogP contribution < -0.4 is 10.6 Å². The zero-order chi connectivity index (χ0) is 12.1. The van der Waals surface area contributed by atoms with Crippen molar-refractivity contribution in [3.05, 3.63) is 0 Å². The molecule has 0 heterocycles. The van der Waals surface area contributed by atoms with Gasteiger partial charge in [0, 0.05) is 20.2 Å². The highest BCUT2D eigenvalue weighted by Crippen LogP contribution is 1.90. The maximum absolute atomic E-state index is 11.2. The van der Waals surface area contributed by atoms with Crippen LogP contribution in [0.25, 0.3) is 0 Å². The third-order valence-corrected chi connectivity index (χ3v) is 2.03. The molecule has 0 bridgehead atoms. The number of unbranched alkanes of at least 4 members (excludes halogenated alkanes) is 2. The van der Waals surface area contributed by atoms with Crippen molar-refractivity contribution in [3.63, 3.8) is 0 Å². The number of nitrogens with one attached hydrogen (secondary N) is 2. The standard InChI is InChI=1S/C11H24N2O3/c1-3-4-5-6-12-11(14)13-7-8-16-10-9-15-2/h3-10H2,1-2H3,(H2,12,13,14). The summed E-state index contributed by atoms with van der Waals surface area (Å²) in [5.41, 5.74) is 0. The van der Waals surface area contributed by atoms with E-state index in [1.165, 1.54) is 0 Å². The third kappa shape index (κ3) is 11.3. The molecule has 0 spiro atoms. The van der Waals surface area contributed by atoms with Crippen LogP contribution in [0.5, 0.6) is 0 Å². The third-order valence-electron chi connectivity index (χ3n) is 2.03. The van der Waals surface area contributed by atoms with E-state index in [2.05, 4.69) is 17.6 Å². The number of hydrogen-bond acceptors (Lipinski definition) is 3. The second-order valence-corrected chi connectivity index (χ2v) is 3.49. The molecule has 0 saturated carbocycles. The summed E-state index contributed by atoms with van der Waals surface area (Å²) in [6, 6.07) is -0.119. The summed E-state index contributed by atoms with van der Waals surface area (Å²) in [5.74, 6) is 0. The lowest BCUT2D eigenvalue weighted by molar-refractivity contribution is 0.0726. The molecule has 0 aromatic heterocycles. The molecule has 0 rings (SSSR count). The fraction of sp³-hybridized carbons (Fsp3) is 0.909. The average Bonchev–Trinajstić information content (AvgIpc) is 2.29. The molecule has 2 N–H and O–H groups in total. The maximum Gasteiger partial charge on any atom is 0.314 e. The predicted octanol–water partition coefficient (Wildman–Crippen LogP) is 1.14. The van der Waals surface area contributed by atoms with E-state index in [1.54, 1.807) is 7.11 Å². The number of ether oxygens (including phenoxy) is 2. The van der Waals surface area contributed by atoms with Crippen molar-refractivity contribution < 1.29 is 14.3 Å². The SMILES string of the molecule is CCCCCNC(=O)NCCOCCOC. The van der Waals surface area contributed by atoms with Crippen molar-refractivity contribution in [2.24, 2.45) is 0 Å². The smallest absolute Gasteiger partial charge is 0.314 e. The van der Waals surface area contributed by atoms with E-state index in [0.717, 1.165) is 25.8 Å². The van der Waals surface area contributed by atoms with E-state index in [4.69, 9.17) is 9.47 Å². The highest BCUT2D eigenvalue weighted by Gasteiger charge is 1.97. The molecular formula is C11H24N2O3. The number of rotatable bonds is 10. The van der Waals surface area contributed by atoms with Gasteiger partial charge in [-0.05, 0) is 6.42 Å². The molecule has 0 aliphatic carbocycles. The zero-order valence-electron chi connectivity index (χ0n) is 10.4. The second-order valence-electron chi connectivity index (χ2n) is 3.49. The highest BCUT2D eigenvalue weighted by molar-refractivity contribution is 5.73. The van der Waals surface area contributed by atoms with Crippen LogP contribution in [-0.2, 0) is 9.47 Å². The van der Waals surface area contributed by atoms with Crippen molar-refractivity contribution in [3.8, 4) is 0 Å². The number of amides is 2. The van der Waals surface area contributed by atoms with E-state index in [0.29, 0.717) is 26.4 Å². The zero-order valence-corrected chi connectivity index (χ0v) is 10.4. The highest BCUT2D eigenvalue weighted by atomic mass is 16.5. The summed E-state index contributed by atoms with van der Waals surface area (Å²) in [6.45, 7) is 5.08. The monoisotopic (exact) mass is 232 g/mol. The molecular weight excluding hydrogens is 208 g/mol. The van der Waals surface area contributed by atoms with E-state index in [1.807, 2.05) is 0 Å². The number of urea groups is 1. The van der Waals surface area contributed by atoms with Gasteiger partial charge in [-0.1, -0.05) is 19.8 Å². The van der Waals surface area contributed by atoms with Crippen molar-refractivity contribution in [2.75, 3.05) is 40.0 Å². The molecule has 2 amide bonds. The van der Waals surface area contributed by atoms with Gasteiger partial charge in [0.25, 0.3) is 0 Å².